The Labute approximate surface area is 113 Å². The highest BCUT2D eigenvalue weighted by Crippen LogP contribution is 2.41. The Hall–Kier alpha value is -0.313. The molecule has 1 rings (SSSR count). The summed E-state index contributed by atoms with van der Waals surface area (Å²) in [6.45, 7) is 13.1. The lowest BCUT2D eigenvalue weighted by Gasteiger charge is -2.44. The van der Waals surface area contributed by atoms with Crippen LogP contribution < -0.4 is 0 Å². The van der Waals surface area contributed by atoms with E-state index in [1.54, 1.807) is 0 Å². The fourth-order valence-electron chi connectivity index (χ4n) is 2.88. The van der Waals surface area contributed by atoms with E-state index in [1.165, 1.54) is 12.5 Å². The van der Waals surface area contributed by atoms with E-state index in [4.69, 9.17) is 4.74 Å². The van der Waals surface area contributed by atoms with E-state index < -0.39 is 8.07 Å². The molecule has 0 aromatic rings. The number of ether oxygens (including phenoxy) is 1. The third-order valence-corrected chi connectivity index (χ3v) is 7.99. The molecule has 0 aromatic heterocycles. The third-order valence-electron chi connectivity index (χ3n) is 4.68. The van der Waals surface area contributed by atoms with Crippen LogP contribution in [-0.2, 0) is 9.53 Å². The predicted octanol–water partition coefficient (Wildman–Crippen LogP) is 4.62. The van der Waals surface area contributed by atoms with Crippen molar-refractivity contribution in [3.05, 3.63) is 0 Å². The summed E-state index contributed by atoms with van der Waals surface area (Å²) in [5.41, 5.74) is -0.497. The molecule has 1 aliphatic rings. The van der Waals surface area contributed by atoms with Crippen molar-refractivity contribution in [1.82, 2.24) is 0 Å². The van der Waals surface area contributed by atoms with E-state index in [9.17, 15) is 4.79 Å². The molecule has 18 heavy (non-hydrogen) atoms. The maximum Gasteiger partial charge on any atom is 0.312 e. The number of rotatable bonds is 4. The Morgan fingerprint density at radius 2 is 1.94 bits per heavy atom. The van der Waals surface area contributed by atoms with Crippen LogP contribution in [0.3, 0.4) is 0 Å². The van der Waals surface area contributed by atoms with Gasteiger partial charge in [-0.25, -0.2) is 0 Å². The van der Waals surface area contributed by atoms with Gasteiger partial charge in [0.15, 0.2) is 0 Å². The van der Waals surface area contributed by atoms with Gasteiger partial charge in [0.05, 0.1) is 13.5 Å². The molecule has 0 aromatic carbocycles. The molecule has 1 aliphatic heterocycles. The molecule has 2 nitrogen and oxygen atoms in total. The summed E-state index contributed by atoms with van der Waals surface area (Å²) in [6, 6.07) is 2.52. The number of carbonyl (C=O) groups is 1. The molecule has 1 fully saturated rings. The summed E-state index contributed by atoms with van der Waals surface area (Å²) in [4.78, 5) is 12.3. The topological polar surface area (TPSA) is 26.3 Å². The highest BCUT2D eigenvalue weighted by atomic mass is 28.3. The van der Waals surface area contributed by atoms with Crippen LogP contribution in [0, 0.1) is 5.41 Å². The minimum atomic E-state index is -1.16. The van der Waals surface area contributed by atoms with Gasteiger partial charge in [-0.05, 0) is 39.2 Å². The summed E-state index contributed by atoms with van der Waals surface area (Å²) >= 11 is 0. The fraction of sp³-hybridized carbons (Fsp3) is 0.933. The average molecular weight is 270 g/mol. The molecule has 0 bridgehead atoms. The molecular formula is C15H30O2Si. The number of hydrogen-bond donors (Lipinski definition) is 0. The van der Waals surface area contributed by atoms with E-state index >= 15 is 0 Å². The van der Waals surface area contributed by atoms with Crippen LogP contribution in [0.15, 0.2) is 0 Å². The fourth-order valence-corrected chi connectivity index (χ4v) is 6.43. The van der Waals surface area contributed by atoms with Gasteiger partial charge >= 0.3 is 5.97 Å². The van der Waals surface area contributed by atoms with Crippen molar-refractivity contribution in [3.8, 4) is 0 Å². The van der Waals surface area contributed by atoms with Gasteiger partial charge in [0.25, 0.3) is 0 Å². The monoisotopic (exact) mass is 270 g/mol. The summed E-state index contributed by atoms with van der Waals surface area (Å²) in [6.07, 6.45) is 4.10. The highest BCUT2D eigenvalue weighted by Gasteiger charge is 2.44. The van der Waals surface area contributed by atoms with E-state index in [1.807, 2.05) is 13.8 Å². The molecule has 3 heteroatoms. The van der Waals surface area contributed by atoms with Crippen molar-refractivity contribution in [1.29, 1.82) is 0 Å². The molecule has 0 N–H and O–H groups in total. The van der Waals surface area contributed by atoms with Crippen molar-refractivity contribution in [3.63, 3.8) is 0 Å². The summed E-state index contributed by atoms with van der Waals surface area (Å²) in [7, 11) is -1.16. The first-order chi connectivity index (χ1) is 8.16. The zero-order valence-electron chi connectivity index (χ0n) is 13.1. The van der Waals surface area contributed by atoms with Gasteiger partial charge in [0.2, 0.25) is 0 Å². The second-order valence-electron chi connectivity index (χ2n) is 7.36. The average Bonchev–Trinajstić information content (AvgIpc) is 2.27. The Morgan fingerprint density at radius 3 is 2.39 bits per heavy atom. The van der Waals surface area contributed by atoms with Gasteiger partial charge in [0.1, 0.15) is 5.60 Å². The first-order valence-corrected chi connectivity index (χ1v) is 10.8. The van der Waals surface area contributed by atoms with Crippen molar-refractivity contribution in [2.24, 2.45) is 5.41 Å². The molecule has 106 valence electrons. The Kier molecular flexibility index (Phi) is 4.69. The van der Waals surface area contributed by atoms with Crippen LogP contribution in [0.2, 0.25) is 25.2 Å². The molecule has 0 radical (unpaired) electrons. The first kappa shape index (κ1) is 15.7. The van der Waals surface area contributed by atoms with Crippen molar-refractivity contribution in [2.45, 2.75) is 84.2 Å². The summed E-state index contributed by atoms with van der Waals surface area (Å²) < 4.78 is 6.02. The molecule has 1 heterocycles. The zero-order valence-corrected chi connectivity index (χ0v) is 14.1. The number of esters is 1. The molecule has 0 aliphatic carbocycles. The molecule has 1 unspecified atom stereocenters. The molecular weight excluding hydrogens is 240 g/mol. The number of hydrogen-bond acceptors (Lipinski definition) is 2. The molecule has 1 atom stereocenters. The zero-order chi connectivity index (χ0) is 14.0. The van der Waals surface area contributed by atoms with E-state index in [2.05, 4.69) is 26.9 Å². The van der Waals surface area contributed by atoms with Crippen LogP contribution in [-0.4, -0.2) is 19.6 Å². The molecule has 0 spiro atoms. The van der Waals surface area contributed by atoms with Gasteiger partial charge in [-0.2, -0.15) is 0 Å². The van der Waals surface area contributed by atoms with Gasteiger partial charge in [0, 0.05) is 0 Å². The highest BCUT2D eigenvalue weighted by molar-refractivity contribution is 6.77. The van der Waals surface area contributed by atoms with Gasteiger partial charge in [-0.3, -0.25) is 4.79 Å². The Balaban J connectivity index is 2.81. The predicted molar refractivity (Wildman–Crippen MR) is 79.5 cm³/mol. The quantitative estimate of drug-likeness (QED) is 0.550. The first-order valence-electron chi connectivity index (χ1n) is 7.40. The second kappa shape index (κ2) is 5.36. The SMILES string of the molecule is CCC1(OC(=O)C(C)(C)CC)CCC[Si](C)(C)C1. The third kappa shape index (κ3) is 3.59. The van der Waals surface area contributed by atoms with E-state index in [0.29, 0.717) is 0 Å². The largest absolute Gasteiger partial charge is 0.459 e. The Morgan fingerprint density at radius 1 is 1.33 bits per heavy atom. The minimum absolute atomic E-state index is 0.00134. The van der Waals surface area contributed by atoms with Crippen LogP contribution >= 0.6 is 0 Å². The van der Waals surface area contributed by atoms with Crippen LogP contribution in [0.25, 0.3) is 0 Å². The van der Waals surface area contributed by atoms with Crippen LogP contribution in [0.5, 0.6) is 0 Å². The molecule has 1 saturated heterocycles. The smallest absolute Gasteiger partial charge is 0.312 e. The van der Waals surface area contributed by atoms with Gasteiger partial charge in [-0.1, -0.05) is 39.4 Å². The molecule has 0 amide bonds. The normalized spacial score (nSPS) is 27.9. The van der Waals surface area contributed by atoms with Crippen molar-refractivity contribution >= 4 is 14.0 Å². The minimum Gasteiger partial charge on any atom is -0.459 e. The Bertz CT molecular complexity index is 310. The van der Waals surface area contributed by atoms with Gasteiger partial charge < -0.3 is 4.74 Å². The van der Waals surface area contributed by atoms with Crippen LogP contribution in [0.1, 0.15) is 53.4 Å². The maximum absolute atomic E-state index is 12.3. The lowest BCUT2D eigenvalue weighted by atomic mass is 9.89. The lowest BCUT2D eigenvalue weighted by molar-refractivity contribution is -0.170. The van der Waals surface area contributed by atoms with Crippen molar-refractivity contribution < 1.29 is 9.53 Å². The van der Waals surface area contributed by atoms with Crippen molar-refractivity contribution in [2.75, 3.05) is 0 Å². The van der Waals surface area contributed by atoms with E-state index in [0.717, 1.165) is 25.3 Å². The summed E-state index contributed by atoms with van der Waals surface area (Å²) in [5.74, 6) is -0.00134. The van der Waals surface area contributed by atoms with E-state index in [-0.39, 0.29) is 17.0 Å². The van der Waals surface area contributed by atoms with Gasteiger partial charge in [-0.15, -0.1) is 0 Å². The lowest BCUT2D eigenvalue weighted by Crippen LogP contribution is -2.48. The number of carbonyl (C=O) groups excluding carboxylic acids is 1. The molecule has 0 saturated carbocycles. The maximum atomic E-state index is 12.3. The summed E-state index contributed by atoms with van der Waals surface area (Å²) in [5, 5.41) is 0. The van der Waals surface area contributed by atoms with Crippen LogP contribution in [0.4, 0.5) is 0 Å². The standard InChI is InChI=1S/C15H30O2Si/c1-7-14(3,4)13(16)17-15(8-2)10-9-11-18(5,6)12-15/h7-12H2,1-6H3. The second-order valence-corrected chi connectivity index (χ2v) is 12.5.